The summed E-state index contributed by atoms with van der Waals surface area (Å²) in [4.78, 5) is 11.4. The summed E-state index contributed by atoms with van der Waals surface area (Å²) in [5.74, 6) is 0.594. The maximum Gasteiger partial charge on any atom is 0.245 e. The van der Waals surface area contributed by atoms with Crippen molar-refractivity contribution in [3.63, 3.8) is 0 Å². The number of hydrogen-bond acceptors (Lipinski definition) is 3. The summed E-state index contributed by atoms with van der Waals surface area (Å²) in [5.41, 5.74) is 7.12. The third-order valence-corrected chi connectivity index (χ3v) is 3.15. The van der Waals surface area contributed by atoms with Gasteiger partial charge in [0.25, 0.3) is 0 Å². The molecule has 92 valence electrons. The Morgan fingerprint density at radius 2 is 2.18 bits per heavy atom. The predicted molar refractivity (Wildman–Crippen MR) is 67.0 cm³/mol. The van der Waals surface area contributed by atoms with Gasteiger partial charge >= 0.3 is 0 Å². The number of ether oxygens (including phenoxy) is 1. The largest absolute Gasteiger partial charge is 0.488 e. The summed E-state index contributed by atoms with van der Waals surface area (Å²) >= 11 is 0. The molecule has 1 atom stereocenters. The summed E-state index contributed by atoms with van der Waals surface area (Å²) in [6, 6.07) is 4.98. The van der Waals surface area contributed by atoms with Crippen LogP contribution >= 0.6 is 0 Å². The van der Waals surface area contributed by atoms with Crippen molar-refractivity contribution >= 4 is 11.6 Å². The van der Waals surface area contributed by atoms with Gasteiger partial charge in [-0.1, -0.05) is 13.0 Å². The molecule has 1 aromatic rings. The molecule has 0 fully saturated rings. The van der Waals surface area contributed by atoms with Crippen molar-refractivity contribution in [1.82, 2.24) is 0 Å². The van der Waals surface area contributed by atoms with E-state index in [2.05, 4.69) is 12.2 Å². The zero-order valence-electron chi connectivity index (χ0n) is 10.4. The minimum Gasteiger partial charge on any atom is -0.488 e. The molecule has 0 saturated carbocycles. The van der Waals surface area contributed by atoms with Crippen molar-refractivity contribution < 1.29 is 9.53 Å². The number of benzene rings is 1. The van der Waals surface area contributed by atoms with E-state index in [1.54, 1.807) is 0 Å². The molecule has 17 heavy (non-hydrogen) atoms. The molecule has 0 aromatic heterocycles. The molecule has 4 heteroatoms. The number of carbonyl (C=O) groups excluding carboxylic acids is 1. The van der Waals surface area contributed by atoms with Gasteiger partial charge in [-0.25, -0.2) is 0 Å². The van der Waals surface area contributed by atoms with Crippen LogP contribution in [-0.4, -0.2) is 11.5 Å². The lowest BCUT2D eigenvalue weighted by Crippen LogP contribution is -2.26. The number of nitrogens with two attached hydrogens (primary N) is 1. The molecule has 0 bridgehead atoms. The number of anilines is 1. The second kappa shape index (κ2) is 4.04. The van der Waals surface area contributed by atoms with E-state index in [0.717, 1.165) is 23.4 Å². The summed E-state index contributed by atoms with van der Waals surface area (Å²) < 4.78 is 5.85. The molecule has 1 aliphatic rings. The highest BCUT2D eigenvalue weighted by atomic mass is 16.5. The number of amides is 1. The summed E-state index contributed by atoms with van der Waals surface area (Å²) in [6.45, 7) is 6.14. The smallest absolute Gasteiger partial charge is 0.245 e. The van der Waals surface area contributed by atoms with Gasteiger partial charge in [-0.3, -0.25) is 4.79 Å². The summed E-state index contributed by atoms with van der Waals surface area (Å²) in [7, 11) is 0. The Kier molecular flexibility index (Phi) is 2.83. The molecular weight excluding hydrogens is 216 g/mol. The molecule has 2 rings (SSSR count). The number of carbonyl (C=O) groups is 1. The van der Waals surface area contributed by atoms with Gasteiger partial charge in [0.2, 0.25) is 5.91 Å². The maximum absolute atomic E-state index is 11.4. The minimum absolute atomic E-state index is 0.160. The van der Waals surface area contributed by atoms with Gasteiger partial charge in [0.05, 0.1) is 0 Å². The zero-order chi connectivity index (χ0) is 12.6. The van der Waals surface area contributed by atoms with E-state index in [4.69, 9.17) is 10.5 Å². The fourth-order valence-corrected chi connectivity index (χ4v) is 1.72. The van der Waals surface area contributed by atoms with E-state index < -0.39 is 6.04 Å². The number of fused-ring (bicyclic) bond motifs is 1. The van der Waals surface area contributed by atoms with E-state index in [1.807, 2.05) is 32.0 Å². The van der Waals surface area contributed by atoms with Crippen LogP contribution in [0, 0.1) is 0 Å². The third-order valence-electron chi connectivity index (χ3n) is 3.15. The average Bonchev–Trinajstić information content (AvgIpc) is 2.54. The zero-order valence-corrected chi connectivity index (χ0v) is 10.4. The first-order valence-corrected chi connectivity index (χ1v) is 5.82. The van der Waals surface area contributed by atoms with Gasteiger partial charge in [0, 0.05) is 17.3 Å². The molecular formula is C13H18N2O2. The SMILES string of the molecule is CCC(C)(C)Oc1ccc2c(c1)NC(=O)C2N. The minimum atomic E-state index is -0.557. The van der Waals surface area contributed by atoms with Crippen LogP contribution in [0.3, 0.4) is 0 Å². The quantitative estimate of drug-likeness (QED) is 0.842. The topological polar surface area (TPSA) is 64.3 Å². The van der Waals surface area contributed by atoms with Gasteiger partial charge < -0.3 is 15.8 Å². The van der Waals surface area contributed by atoms with E-state index in [1.165, 1.54) is 0 Å². The number of rotatable bonds is 3. The second-order valence-electron chi connectivity index (χ2n) is 4.93. The highest BCUT2D eigenvalue weighted by molar-refractivity contribution is 6.02. The van der Waals surface area contributed by atoms with Crippen molar-refractivity contribution in [1.29, 1.82) is 0 Å². The summed E-state index contributed by atoms with van der Waals surface area (Å²) in [6.07, 6.45) is 0.913. The van der Waals surface area contributed by atoms with Crippen LogP contribution in [0.15, 0.2) is 18.2 Å². The fraction of sp³-hybridized carbons (Fsp3) is 0.462. The molecule has 1 aromatic carbocycles. The van der Waals surface area contributed by atoms with E-state index in [-0.39, 0.29) is 11.5 Å². The maximum atomic E-state index is 11.4. The molecule has 1 heterocycles. The standard InChI is InChI=1S/C13H18N2O2/c1-4-13(2,3)17-8-5-6-9-10(7-8)15-12(16)11(9)14/h5-7,11H,4,14H2,1-3H3,(H,15,16). The van der Waals surface area contributed by atoms with Crippen molar-refractivity contribution in [2.24, 2.45) is 5.73 Å². The summed E-state index contributed by atoms with van der Waals surface area (Å²) in [5, 5.41) is 2.75. The number of hydrogen-bond donors (Lipinski definition) is 2. The number of nitrogens with one attached hydrogen (secondary N) is 1. The highest BCUT2D eigenvalue weighted by Gasteiger charge is 2.27. The molecule has 1 aliphatic heterocycles. The Morgan fingerprint density at radius 1 is 1.47 bits per heavy atom. The fourth-order valence-electron chi connectivity index (χ4n) is 1.72. The van der Waals surface area contributed by atoms with Gasteiger partial charge in [0.15, 0.2) is 0 Å². The Bertz CT molecular complexity index is 455. The van der Waals surface area contributed by atoms with Gasteiger partial charge in [-0.2, -0.15) is 0 Å². The van der Waals surface area contributed by atoms with Crippen molar-refractivity contribution in [3.8, 4) is 5.75 Å². The first-order chi connectivity index (χ1) is 7.93. The molecule has 0 saturated heterocycles. The first-order valence-electron chi connectivity index (χ1n) is 5.82. The van der Waals surface area contributed by atoms with Gasteiger partial charge in [-0.05, 0) is 26.3 Å². The van der Waals surface area contributed by atoms with E-state index >= 15 is 0 Å². The third kappa shape index (κ3) is 2.26. The van der Waals surface area contributed by atoms with Crippen LogP contribution in [0.5, 0.6) is 5.75 Å². The molecule has 1 unspecified atom stereocenters. The first kappa shape index (κ1) is 11.9. The van der Waals surface area contributed by atoms with Crippen LogP contribution in [-0.2, 0) is 4.79 Å². The average molecular weight is 234 g/mol. The van der Waals surface area contributed by atoms with Crippen LogP contribution < -0.4 is 15.8 Å². The van der Waals surface area contributed by atoms with E-state index in [9.17, 15) is 4.79 Å². The molecule has 0 radical (unpaired) electrons. The Labute approximate surface area is 101 Å². The predicted octanol–water partition coefficient (Wildman–Crippen LogP) is 2.21. The molecule has 4 nitrogen and oxygen atoms in total. The van der Waals surface area contributed by atoms with Gasteiger partial charge in [-0.15, -0.1) is 0 Å². The normalized spacial score (nSPS) is 18.8. The molecule has 0 spiro atoms. The highest BCUT2D eigenvalue weighted by Crippen LogP contribution is 2.33. The lowest BCUT2D eigenvalue weighted by atomic mass is 10.1. The lowest BCUT2D eigenvalue weighted by molar-refractivity contribution is -0.116. The van der Waals surface area contributed by atoms with Crippen LogP contribution in [0.1, 0.15) is 38.8 Å². The van der Waals surface area contributed by atoms with Crippen molar-refractivity contribution in [2.45, 2.75) is 38.8 Å². The molecule has 3 N–H and O–H groups in total. The lowest BCUT2D eigenvalue weighted by Gasteiger charge is -2.25. The second-order valence-corrected chi connectivity index (χ2v) is 4.93. The molecule has 0 aliphatic carbocycles. The van der Waals surface area contributed by atoms with Gasteiger partial charge in [0.1, 0.15) is 17.4 Å². The van der Waals surface area contributed by atoms with Crippen molar-refractivity contribution in [2.75, 3.05) is 5.32 Å². The van der Waals surface area contributed by atoms with Crippen molar-refractivity contribution in [3.05, 3.63) is 23.8 Å². The van der Waals surface area contributed by atoms with Crippen LogP contribution in [0.2, 0.25) is 0 Å². The molecule has 1 amide bonds. The van der Waals surface area contributed by atoms with Crippen LogP contribution in [0.4, 0.5) is 5.69 Å². The monoisotopic (exact) mass is 234 g/mol. The van der Waals surface area contributed by atoms with E-state index in [0.29, 0.717) is 0 Å². The Hall–Kier alpha value is -1.55. The van der Waals surface area contributed by atoms with Crippen LogP contribution in [0.25, 0.3) is 0 Å². The Morgan fingerprint density at radius 3 is 2.82 bits per heavy atom. The Balaban J connectivity index is 2.25.